The number of rotatable bonds is 5. The van der Waals surface area contributed by atoms with Gasteiger partial charge in [-0.25, -0.2) is 13.1 Å². The Balaban J connectivity index is 2.10. The molecule has 2 rings (SSSR count). The summed E-state index contributed by atoms with van der Waals surface area (Å²) in [6, 6.07) is 9.87. The van der Waals surface area contributed by atoms with E-state index in [1.807, 2.05) is 32.0 Å². The summed E-state index contributed by atoms with van der Waals surface area (Å²) in [6.45, 7) is 3.30. The SMILES string of the molecule is Cc1cccc(C)c1NC(=O)CNS(=O)(=O)c1cccc(Cl)c1Cl. The van der Waals surface area contributed by atoms with Crippen molar-refractivity contribution in [3.05, 3.63) is 57.6 Å². The fourth-order valence-corrected chi connectivity index (χ4v) is 3.87. The van der Waals surface area contributed by atoms with Gasteiger partial charge < -0.3 is 5.32 Å². The minimum Gasteiger partial charge on any atom is -0.324 e. The first-order valence-corrected chi connectivity index (χ1v) is 9.26. The number of anilines is 1. The predicted octanol–water partition coefficient (Wildman–Crippen LogP) is 3.53. The number of sulfonamides is 1. The topological polar surface area (TPSA) is 75.3 Å². The van der Waals surface area contributed by atoms with E-state index in [1.54, 1.807) is 0 Å². The number of aryl methyl sites for hydroxylation is 2. The van der Waals surface area contributed by atoms with Crippen LogP contribution >= 0.6 is 23.2 Å². The first kappa shape index (κ1) is 18.7. The third-order valence-corrected chi connectivity index (χ3v) is 5.75. The Kier molecular flexibility index (Phi) is 5.87. The zero-order chi connectivity index (χ0) is 17.9. The van der Waals surface area contributed by atoms with E-state index in [2.05, 4.69) is 10.0 Å². The summed E-state index contributed by atoms with van der Waals surface area (Å²) in [5.74, 6) is -0.478. The van der Waals surface area contributed by atoms with Gasteiger partial charge in [-0.2, -0.15) is 0 Å². The highest BCUT2D eigenvalue weighted by atomic mass is 35.5. The maximum absolute atomic E-state index is 12.3. The number of halogens is 2. The fraction of sp³-hybridized carbons (Fsp3) is 0.188. The molecule has 0 aliphatic carbocycles. The second kappa shape index (κ2) is 7.53. The summed E-state index contributed by atoms with van der Waals surface area (Å²) in [6.07, 6.45) is 0. The van der Waals surface area contributed by atoms with E-state index in [1.165, 1.54) is 18.2 Å². The summed E-state index contributed by atoms with van der Waals surface area (Å²) in [4.78, 5) is 11.9. The zero-order valence-corrected chi connectivity index (χ0v) is 15.4. The highest BCUT2D eigenvalue weighted by Gasteiger charge is 2.20. The maximum atomic E-state index is 12.3. The summed E-state index contributed by atoms with van der Waals surface area (Å²) >= 11 is 11.7. The van der Waals surface area contributed by atoms with Crippen LogP contribution in [0.3, 0.4) is 0 Å². The molecule has 0 bridgehead atoms. The van der Waals surface area contributed by atoms with E-state index in [-0.39, 0.29) is 14.9 Å². The van der Waals surface area contributed by atoms with Crippen molar-refractivity contribution in [2.24, 2.45) is 0 Å². The van der Waals surface area contributed by atoms with Crippen LogP contribution in [0.1, 0.15) is 11.1 Å². The van der Waals surface area contributed by atoms with Crippen molar-refractivity contribution in [2.75, 3.05) is 11.9 Å². The Morgan fingerprint density at radius 1 is 1.04 bits per heavy atom. The molecule has 128 valence electrons. The molecule has 2 aromatic rings. The van der Waals surface area contributed by atoms with Crippen LogP contribution in [0.15, 0.2) is 41.3 Å². The van der Waals surface area contributed by atoms with Gasteiger partial charge in [0, 0.05) is 5.69 Å². The largest absolute Gasteiger partial charge is 0.324 e. The van der Waals surface area contributed by atoms with E-state index in [9.17, 15) is 13.2 Å². The van der Waals surface area contributed by atoms with Gasteiger partial charge in [-0.1, -0.05) is 47.5 Å². The van der Waals surface area contributed by atoms with Crippen LogP contribution in [0.5, 0.6) is 0 Å². The van der Waals surface area contributed by atoms with Gasteiger partial charge in [0.05, 0.1) is 16.6 Å². The smallest absolute Gasteiger partial charge is 0.242 e. The lowest BCUT2D eigenvalue weighted by Crippen LogP contribution is -2.33. The highest BCUT2D eigenvalue weighted by molar-refractivity contribution is 7.89. The number of amides is 1. The van der Waals surface area contributed by atoms with Gasteiger partial charge >= 0.3 is 0 Å². The number of para-hydroxylation sites is 1. The van der Waals surface area contributed by atoms with Crippen LogP contribution in [0, 0.1) is 13.8 Å². The quantitative estimate of drug-likeness (QED) is 0.824. The van der Waals surface area contributed by atoms with E-state index in [4.69, 9.17) is 23.2 Å². The molecule has 0 atom stereocenters. The minimum atomic E-state index is -3.95. The third kappa shape index (κ3) is 4.27. The molecule has 5 nitrogen and oxygen atoms in total. The number of benzene rings is 2. The predicted molar refractivity (Wildman–Crippen MR) is 96.2 cm³/mol. The summed E-state index contributed by atoms with van der Waals surface area (Å²) in [5, 5.41) is 2.75. The van der Waals surface area contributed by atoms with Crippen molar-refractivity contribution in [2.45, 2.75) is 18.7 Å². The molecule has 0 saturated heterocycles. The van der Waals surface area contributed by atoms with Crippen LogP contribution in [0.2, 0.25) is 10.0 Å². The fourth-order valence-electron chi connectivity index (χ4n) is 2.13. The Morgan fingerprint density at radius 3 is 2.25 bits per heavy atom. The van der Waals surface area contributed by atoms with Crippen molar-refractivity contribution in [3.63, 3.8) is 0 Å². The molecule has 0 aromatic heterocycles. The van der Waals surface area contributed by atoms with Crippen molar-refractivity contribution in [3.8, 4) is 0 Å². The van der Waals surface area contributed by atoms with Crippen LogP contribution in [-0.2, 0) is 14.8 Å². The number of hydrogen-bond donors (Lipinski definition) is 2. The van der Waals surface area contributed by atoms with Crippen LogP contribution in [0.4, 0.5) is 5.69 Å². The van der Waals surface area contributed by atoms with Crippen LogP contribution in [0.25, 0.3) is 0 Å². The molecule has 0 spiro atoms. The average molecular weight is 387 g/mol. The van der Waals surface area contributed by atoms with E-state index in [0.29, 0.717) is 5.69 Å². The number of nitrogens with one attached hydrogen (secondary N) is 2. The molecule has 24 heavy (non-hydrogen) atoms. The van der Waals surface area contributed by atoms with Crippen molar-refractivity contribution in [1.82, 2.24) is 4.72 Å². The highest BCUT2D eigenvalue weighted by Crippen LogP contribution is 2.28. The number of carbonyl (C=O) groups excluding carboxylic acids is 1. The van der Waals surface area contributed by atoms with Gasteiger partial charge in [0.1, 0.15) is 4.90 Å². The second-order valence-electron chi connectivity index (χ2n) is 5.19. The molecule has 2 N–H and O–H groups in total. The van der Waals surface area contributed by atoms with E-state index in [0.717, 1.165) is 11.1 Å². The van der Waals surface area contributed by atoms with Gasteiger partial charge in [-0.15, -0.1) is 0 Å². The minimum absolute atomic E-state index is 0.0816. The van der Waals surface area contributed by atoms with Gasteiger partial charge in [0.2, 0.25) is 15.9 Å². The summed E-state index contributed by atoms with van der Waals surface area (Å²) in [5.41, 5.74) is 2.45. The molecular formula is C16H16Cl2N2O3S. The van der Waals surface area contributed by atoms with Crippen molar-refractivity contribution >= 4 is 44.8 Å². The maximum Gasteiger partial charge on any atom is 0.242 e. The third-order valence-electron chi connectivity index (χ3n) is 3.37. The molecule has 0 radical (unpaired) electrons. The first-order valence-electron chi connectivity index (χ1n) is 7.02. The van der Waals surface area contributed by atoms with E-state index < -0.39 is 22.5 Å². The average Bonchev–Trinajstić information content (AvgIpc) is 2.52. The Hall–Kier alpha value is -1.60. The molecule has 0 heterocycles. The molecule has 0 fully saturated rings. The second-order valence-corrected chi connectivity index (χ2v) is 7.71. The Labute approximate surface area is 151 Å². The lowest BCUT2D eigenvalue weighted by Gasteiger charge is -2.12. The lowest BCUT2D eigenvalue weighted by molar-refractivity contribution is -0.115. The molecule has 1 amide bonds. The summed E-state index contributed by atoms with van der Waals surface area (Å²) < 4.78 is 26.7. The monoisotopic (exact) mass is 386 g/mol. The van der Waals surface area contributed by atoms with Crippen molar-refractivity contribution < 1.29 is 13.2 Å². The van der Waals surface area contributed by atoms with Crippen molar-refractivity contribution in [1.29, 1.82) is 0 Å². The number of hydrogen-bond acceptors (Lipinski definition) is 3. The number of carbonyl (C=O) groups is 1. The van der Waals surface area contributed by atoms with Crippen LogP contribution in [-0.4, -0.2) is 20.9 Å². The standard InChI is InChI=1S/C16H16Cl2N2O3S/c1-10-5-3-6-11(2)16(10)20-14(21)9-19-24(22,23)13-8-4-7-12(17)15(13)18/h3-8,19H,9H2,1-2H3,(H,20,21). The lowest BCUT2D eigenvalue weighted by atomic mass is 10.1. The Bertz CT molecular complexity index is 863. The molecule has 2 aromatic carbocycles. The first-order chi connectivity index (χ1) is 11.2. The van der Waals surface area contributed by atoms with Gasteiger partial charge in [0.15, 0.2) is 0 Å². The molecule has 0 aliphatic rings. The zero-order valence-electron chi connectivity index (χ0n) is 13.1. The summed E-state index contributed by atoms with van der Waals surface area (Å²) in [7, 11) is -3.95. The molecular weight excluding hydrogens is 371 g/mol. The molecule has 0 saturated carbocycles. The van der Waals surface area contributed by atoms with Gasteiger partial charge in [-0.05, 0) is 37.1 Å². The van der Waals surface area contributed by atoms with Gasteiger partial charge in [0.25, 0.3) is 0 Å². The molecule has 8 heteroatoms. The Morgan fingerprint density at radius 2 is 1.62 bits per heavy atom. The van der Waals surface area contributed by atoms with Crippen LogP contribution < -0.4 is 10.0 Å². The van der Waals surface area contributed by atoms with Gasteiger partial charge in [-0.3, -0.25) is 4.79 Å². The normalized spacial score (nSPS) is 11.3. The van der Waals surface area contributed by atoms with E-state index >= 15 is 0 Å². The molecule has 0 aliphatic heterocycles. The molecule has 0 unspecified atom stereocenters.